The lowest BCUT2D eigenvalue weighted by molar-refractivity contribution is 0.513. The highest BCUT2D eigenvalue weighted by Gasteiger charge is 2.27. The lowest BCUT2D eigenvalue weighted by Crippen LogP contribution is -2.13. The van der Waals surface area contributed by atoms with Crippen molar-refractivity contribution in [3.8, 4) is 0 Å². The van der Waals surface area contributed by atoms with Gasteiger partial charge in [-0.15, -0.1) is 0 Å². The molecule has 1 nitrogen and oxygen atoms in total. The molecule has 2 rings (SSSR count). The summed E-state index contributed by atoms with van der Waals surface area (Å²) in [5.41, 5.74) is 10.0. The topological polar surface area (TPSA) is 26.0 Å². The lowest BCUT2D eigenvalue weighted by atomic mass is 10.0. The van der Waals surface area contributed by atoms with Gasteiger partial charge in [-0.3, -0.25) is 0 Å². The van der Waals surface area contributed by atoms with Crippen LogP contribution in [0.2, 0.25) is 5.02 Å². The molecular formula is C11H14ClN. The first kappa shape index (κ1) is 9.04. The van der Waals surface area contributed by atoms with E-state index in [2.05, 4.69) is 13.8 Å². The summed E-state index contributed by atoms with van der Waals surface area (Å²) in [6, 6.07) is 4.20. The Bertz CT molecular complexity index is 346. The standard InChI is InChI=1S/C11H14ClN/c1-6-3-8(12)5-10-9(6)4-7(2)11(10)13/h3,5,7,11H,4,13H2,1-2H3. The predicted molar refractivity (Wildman–Crippen MR) is 56.0 cm³/mol. The van der Waals surface area contributed by atoms with E-state index in [1.54, 1.807) is 0 Å². The van der Waals surface area contributed by atoms with Crippen molar-refractivity contribution in [3.05, 3.63) is 33.8 Å². The Morgan fingerprint density at radius 1 is 1.46 bits per heavy atom. The first-order valence-corrected chi connectivity index (χ1v) is 5.02. The third kappa shape index (κ3) is 1.36. The predicted octanol–water partition coefficient (Wildman–Crippen LogP) is 2.84. The van der Waals surface area contributed by atoms with Crippen molar-refractivity contribution in [1.82, 2.24) is 0 Å². The molecule has 0 bridgehead atoms. The molecule has 1 aliphatic rings. The van der Waals surface area contributed by atoms with Crippen LogP contribution in [0.5, 0.6) is 0 Å². The summed E-state index contributed by atoms with van der Waals surface area (Å²) in [5.74, 6) is 0.548. The summed E-state index contributed by atoms with van der Waals surface area (Å²) in [6.45, 7) is 4.30. The number of aryl methyl sites for hydroxylation is 1. The van der Waals surface area contributed by atoms with Crippen LogP contribution in [-0.4, -0.2) is 0 Å². The zero-order chi connectivity index (χ0) is 9.59. The first-order valence-electron chi connectivity index (χ1n) is 4.64. The number of nitrogens with two attached hydrogens (primary N) is 1. The molecule has 70 valence electrons. The molecule has 1 aliphatic carbocycles. The van der Waals surface area contributed by atoms with E-state index in [1.165, 1.54) is 16.7 Å². The first-order chi connectivity index (χ1) is 6.09. The molecule has 2 N–H and O–H groups in total. The summed E-state index contributed by atoms with van der Waals surface area (Å²) in [4.78, 5) is 0. The summed E-state index contributed by atoms with van der Waals surface area (Å²) in [6.07, 6.45) is 1.10. The molecule has 0 spiro atoms. The highest BCUT2D eigenvalue weighted by molar-refractivity contribution is 6.30. The van der Waals surface area contributed by atoms with Crippen molar-refractivity contribution in [2.24, 2.45) is 11.7 Å². The molecule has 0 amide bonds. The van der Waals surface area contributed by atoms with Crippen LogP contribution >= 0.6 is 11.6 Å². The smallest absolute Gasteiger partial charge is 0.0412 e. The zero-order valence-corrected chi connectivity index (χ0v) is 8.73. The highest BCUT2D eigenvalue weighted by atomic mass is 35.5. The Kier molecular flexibility index (Phi) is 2.09. The fraction of sp³-hybridized carbons (Fsp3) is 0.455. The second kappa shape index (κ2) is 3.00. The average molecular weight is 196 g/mol. The Hall–Kier alpha value is -0.530. The van der Waals surface area contributed by atoms with Crippen molar-refractivity contribution >= 4 is 11.6 Å². The third-order valence-electron chi connectivity index (χ3n) is 2.97. The zero-order valence-electron chi connectivity index (χ0n) is 7.97. The van der Waals surface area contributed by atoms with Gasteiger partial charge in [0.25, 0.3) is 0 Å². The molecule has 1 aromatic rings. The van der Waals surface area contributed by atoms with E-state index in [4.69, 9.17) is 17.3 Å². The molecule has 0 radical (unpaired) electrons. The van der Waals surface area contributed by atoms with E-state index in [0.717, 1.165) is 11.4 Å². The van der Waals surface area contributed by atoms with E-state index >= 15 is 0 Å². The second-order valence-electron chi connectivity index (χ2n) is 4.00. The molecule has 0 aliphatic heterocycles. The molecular weight excluding hydrogens is 182 g/mol. The molecule has 0 fully saturated rings. The van der Waals surface area contributed by atoms with Crippen LogP contribution in [-0.2, 0) is 6.42 Å². The van der Waals surface area contributed by atoms with E-state index in [9.17, 15) is 0 Å². The van der Waals surface area contributed by atoms with E-state index < -0.39 is 0 Å². The average Bonchev–Trinajstić information content (AvgIpc) is 2.32. The van der Waals surface area contributed by atoms with Crippen LogP contribution in [0.1, 0.15) is 29.7 Å². The number of benzene rings is 1. The quantitative estimate of drug-likeness (QED) is 0.677. The van der Waals surface area contributed by atoms with Crippen LogP contribution in [0.4, 0.5) is 0 Å². The second-order valence-corrected chi connectivity index (χ2v) is 4.43. The summed E-state index contributed by atoms with van der Waals surface area (Å²) in [5, 5.41) is 0.806. The molecule has 2 unspecified atom stereocenters. The number of halogens is 1. The van der Waals surface area contributed by atoms with Crippen LogP contribution in [0.25, 0.3) is 0 Å². The van der Waals surface area contributed by atoms with Gasteiger partial charge in [-0.2, -0.15) is 0 Å². The van der Waals surface area contributed by atoms with Gasteiger partial charge in [0.2, 0.25) is 0 Å². The largest absolute Gasteiger partial charge is 0.324 e. The number of fused-ring (bicyclic) bond motifs is 1. The van der Waals surface area contributed by atoms with Crippen molar-refractivity contribution in [2.75, 3.05) is 0 Å². The minimum Gasteiger partial charge on any atom is -0.324 e. The maximum Gasteiger partial charge on any atom is 0.0412 e. The van der Waals surface area contributed by atoms with Crippen molar-refractivity contribution in [3.63, 3.8) is 0 Å². The fourth-order valence-corrected chi connectivity index (χ4v) is 2.41. The minimum atomic E-state index is 0.174. The van der Waals surface area contributed by atoms with Crippen LogP contribution < -0.4 is 5.73 Å². The van der Waals surface area contributed by atoms with Gasteiger partial charge in [0.05, 0.1) is 0 Å². The van der Waals surface area contributed by atoms with Crippen molar-refractivity contribution < 1.29 is 0 Å². The Morgan fingerprint density at radius 2 is 2.15 bits per heavy atom. The summed E-state index contributed by atoms with van der Waals surface area (Å²) in [7, 11) is 0. The van der Waals surface area contributed by atoms with E-state index in [1.807, 2.05) is 12.1 Å². The SMILES string of the molecule is Cc1cc(Cl)cc2c1CC(C)C2N. The number of hydrogen-bond acceptors (Lipinski definition) is 1. The van der Waals surface area contributed by atoms with Gasteiger partial charge in [0, 0.05) is 11.1 Å². The van der Waals surface area contributed by atoms with Gasteiger partial charge >= 0.3 is 0 Å². The molecule has 0 saturated carbocycles. The Balaban J connectivity index is 2.57. The van der Waals surface area contributed by atoms with Crippen molar-refractivity contribution in [2.45, 2.75) is 26.3 Å². The van der Waals surface area contributed by atoms with E-state index in [-0.39, 0.29) is 6.04 Å². The summed E-state index contributed by atoms with van der Waals surface area (Å²) < 4.78 is 0. The van der Waals surface area contributed by atoms with Crippen LogP contribution in [0.3, 0.4) is 0 Å². The molecule has 2 heteroatoms. The Morgan fingerprint density at radius 3 is 2.85 bits per heavy atom. The normalized spacial score (nSPS) is 26.2. The number of rotatable bonds is 0. The monoisotopic (exact) mass is 195 g/mol. The lowest BCUT2D eigenvalue weighted by Gasteiger charge is -2.09. The minimum absolute atomic E-state index is 0.174. The molecule has 2 atom stereocenters. The van der Waals surface area contributed by atoms with Gasteiger partial charge in [0.1, 0.15) is 0 Å². The van der Waals surface area contributed by atoms with Crippen molar-refractivity contribution in [1.29, 1.82) is 0 Å². The highest BCUT2D eigenvalue weighted by Crippen LogP contribution is 2.37. The van der Waals surface area contributed by atoms with Gasteiger partial charge in [-0.25, -0.2) is 0 Å². The number of hydrogen-bond donors (Lipinski definition) is 1. The van der Waals surface area contributed by atoms with Gasteiger partial charge in [-0.1, -0.05) is 18.5 Å². The fourth-order valence-electron chi connectivity index (χ4n) is 2.13. The maximum atomic E-state index is 6.07. The molecule has 0 saturated heterocycles. The maximum absolute atomic E-state index is 6.07. The van der Waals surface area contributed by atoms with Gasteiger partial charge < -0.3 is 5.73 Å². The molecule has 0 aromatic heterocycles. The molecule has 1 aromatic carbocycles. The van der Waals surface area contributed by atoms with Gasteiger partial charge in [0.15, 0.2) is 0 Å². The summed E-state index contributed by atoms with van der Waals surface area (Å²) >= 11 is 5.99. The van der Waals surface area contributed by atoms with E-state index in [0.29, 0.717) is 5.92 Å². The van der Waals surface area contributed by atoms with Crippen LogP contribution in [0, 0.1) is 12.8 Å². The molecule has 13 heavy (non-hydrogen) atoms. The van der Waals surface area contributed by atoms with Gasteiger partial charge in [-0.05, 0) is 48.1 Å². The Labute approximate surface area is 83.9 Å². The third-order valence-corrected chi connectivity index (χ3v) is 3.19. The molecule has 0 heterocycles. The van der Waals surface area contributed by atoms with Crippen LogP contribution in [0.15, 0.2) is 12.1 Å².